The molecule has 0 N–H and O–H groups in total. The van der Waals surface area contributed by atoms with Crippen molar-refractivity contribution in [1.82, 2.24) is 0 Å². The molecule has 3 heterocycles. The van der Waals surface area contributed by atoms with Gasteiger partial charge in [-0.2, -0.15) is 0 Å². The summed E-state index contributed by atoms with van der Waals surface area (Å²) in [6, 6.07) is 28.8. The van der Waals surface area contributed by atoms with Gasteiger partial charge in [-0.05, 0) is 153 Å². The average Bonchev–Trinajstić information content (AvgIpc) is 3.34. The number of hydrogen-bond acceptors (Lipinski definition) is 4. The molecule has 6 aromatic rings. The van der Waals surface area contributed by atoms with E-state index in [4.69, 9.17) is 34.8 Å². The first-order valence-electron chi connectivity index (χ1n) is 22.7. The molecule has 366 valence electrons. The molecule has 69 heavy (non-hydrogen) atoms. The lowest BCUT2D eigenvalue weighted by atomic mass is 9.71. The van der Waals surface area contributed by atoms with Crippen LogP contribution in [0.4, 0.5) is 26.3 Å². The average molecular weight is 1060 g/mol. The Morgan fingerprint density at radius 1 is 0.507 bits per heavy atom. The maximum atomic E-state index is 14.6. The third kappa shape index (κ3) is 11.2. The van der Waals surface area contributed by atoms with Crippen molar-refractivity contribution in [2.45, 2.75) is 109 Å². The second-order valence-corrected chi connectivity index (χ2v) is 23.9. The molecule has 6 aromatic carbocycles. The Bertz CT molecular complexity index is 2960. The van der Waals surface area contributed by atoms with Crippen molar-refractivity contribution in [3.05, 3.63) is 193 Å². The van der Waals surface area contributed by atoms with Gasteiger partial charge in [-0.1, -0.05) is 92.0 Å². The van der Waals surface area contributed by atoms with Crippen LogP contribution in [-0.4, -0.2) is 29.9 Å². The van der Waals surface area contributed by atoms with Crippen molar-refractivity contribution in [2.24, 2.45) is 0 Å². The minimum atomic E-state index is -3.81. The Kier molecular flexibility index (Phi) is 16.8. The van der Waals surface area contributed by atoms with E-state index in [9.17, 15) is 39.0 Å². The van der Waals surface area contributed by atoms with Crippen LogP contribution in [0.1, 0.15) is 92.7 Å². The Balaban J connectivity index is 0.000000153. The van der Waals surface area contributed by atoms with Crippen molar-refractivity contribution in [3.8, 4) is 0 Å². The highest BCUT2D eigenvalue weighted by Crippen LogP contribution is 2.49. The van der Waals surface area contributed by atoms with Gasteiger partial charge in [0, 0.05) is 58.7 Å². The summed E-state index contributed by atoms with van der Waals surface area (Å²) < 4.78 is 123. The Morgan fingerprint density at radius 2 is 0.899 bits per heavy atom. The van der Waals surface area contributed by atoms with Crippen LogP contribution in [0.2, 0.25) is 15.1 Å². The molecule has 0 amide bonds. The van der Waals surface area contributed by atoms with E-state index >= 15 is 0 Å². The fourth-order valence-corrected chi connectivity index (χ4v) is 15.4. The second kappa shape index (κ2) is 21.9. The predicted molar refractivity (Wildman–Crippen MR) is 268 cm³/mol. The lowest BCUT2D eigenvalue weighted by Crippen LogP contribution is -2.38. The summed E-state index contributed by atoms with van der Waals surface area (Å²) in [5, 5.41) is 1.92. The van der Waals surface area contributed by atoms with Crippen molar-refractivity contribution < 1.29 is 39.0 Å². The van der Waals surface area contributed by atoms with Gasteiger partial charge < -0.3 is 0 Å². The van der Waals surface area contributed by atoms with Gasteiger partial charge in [-0.3, -0.25) is 4.21 Å². The molecule has 3 nitrogen and oxygen atoms in total. The van der Waals surface area contributed by atoms with Crippen molar-refractivity contribution >= 4 is 67.2 Å². The highest BCUT2D eigenvalue weighted by atomic mass is 35.5. The summed E-state index contributed by atoms with van der Waals surface area (Å²) in [5.74, 6) is -2.19. The van der Waals surface area contributed by atoms with E-state index in [1.165, 1.54) is 23.9 Å². The van der Waals surface area contributed by atoms with Gasteiger partial charge in [0.15, 0.2) is 9.84 Å². The summed E-state index contributed by atoms with van der Waals surface area (Å²) in [5.41, 5.74) is 2.23. The maximum Gasteiger partial charge on any atom is 0.181 e. The minimum Gasteiger partial charge on any atom is -0.254 e. The number of sulfone groups is 1. The molecule has 3 aliphatic rings. The van der Waals surface area contributed by atoms with Gasteiger partial charge >= 0.3 is 0 Å². The molecule has 9 rings (SSSR count). The number of rotatable bonds is 9. The summed E-state index contributed by atoms with van der Waals surface area (Å²) in [6.07, 6.45) is 5.35. The zero-order valence-corrected chi connectivity index (χ0v) is 42.9. The van der Waals surface area contributed by atoms with Gasteiger partial charge in [0.05, 0.1) is 21.4 Å². The summed E-state index contributed by atoms with van der Waals surface area (Å²) in [7, 11) is -5.29. The first-order valence-corrected chi connectivity index (χ1v) is 27.8. The molecule has 0 aliphatic carbocycles. The zero-order valence-electron chi connectivity index (χ0n) is 38.2. The molecular weight excluding hydrogens is 1010 g/mol. The lowest BCUT2D eigenvalue weighted by Gasteiger charge is -2.39. The van der Waals surface area contributed by atoms with E-state index in [2.05, 4.69) is 6.92 Å². The van der Waals surface area contributed by atoms with E-state index < -0.39 is 59.6 Å². The van der Waals surface area contributed by atoms with E-state index in [0.29, 0.717) is 75.4 Å². The van der Waals surface area contributed by atoms with Crippen LogP contribution in [0.25, 0.3) is 0 Å². The van der Waals surface area contributed by atoms with Gasteiger partial charge in [0.1, 0.15) is 39.8 Å². The number of thioether (sulfide) groups is 1. The number of fused-ring (bicyclic) bond motifs is 3. The topological polar surface area (TPSA) is 51.2 Å². The maximum absolute atomic E-state index is 14.6. The normalized spacial score (nSPS) is 22.2. The van der Waals surface area contributed by atoms with Gasteiger partial charge in [-0.25, -0.2) is 34.8 Å². The quantitative estimate of drug-likeness (QED) is 0.135. The van der Waals surface area contributed by atoms with Crippen molar-refractivity contribution in [3.63, 3.8) is 0 Å². The fourth-order valence-electron chi connectivity index (χ4n) is 10.2. The molecule has 3 aliphatic heterocycles. The molecule has 4 atom stereocenters. The van der Waals surface area contributed by atoms with Crippen molar-refractivity contribution in [2.75, 3.05) is 17.3 Å². The van der Waals surface area contributed by atoms with Gasteiger partial charge in [0.2, 0.25) is 0 Å². The third-order valence-electron chi connectivity index (χ3n) is 14.1. The molecule has 0 aromatic heterocycles. The van der Waals surface area contributed by atoms with Gasteiger partial charge in [0.25, 0.3) is 0 Å². The lowest BCUT2D eigenvalue weighted by molar-refractivity contribution is 0.350. The number of benzene rings is 6. The monoisotopic (exact) mass is 1060 g/mol. The second-order valence-electron chi connectivity index (χ2n) is 18.0. The summed E-state index contributed by atoms with van der Waals surface area (Å²) >= 11 is 19.2. The van der Waals surface area contributed by atoms with Crippen LogP contribution >= 0.6 is 46.6 Å². The largest absolute Gasteiger partial charge is 0.254 e. The van der Waals surface area contributed by atoms with E-state index in [-0.39, 0.29) is 39.7 Å². The molecule has 0 bridgehead atoms. The zero-order chi connectivity index (χ0) is 49.9. The van der Waals surface area contributed by atoms with E-state index in [1.54, 1.807) is 24.3 Å². The molecule has 0 saturated carbocycles. The number of halogens is 9. The van der Waals surface area contributed by atoms with E-state index in [1.807, 2.05) is 62.4 Å². The minimum absolute atomic E-state index is 0.00815. The van der Waals surface area contributed by atoms with Crippen LogP contribution < -0.4 is 0 Å². The predicted octanol–water partition coefficient (Wildman–Crippen LogP) is 15.7. The first-order chi connectivity index (χ1) is 32.8. The molecule has 15 heteroatoms. The summed E-state index contributed by atoms with van der Waals surface area (Å²) in [4.78, 5) is 0.0682. The summed E-state index contributed by atoms with van der Waals surface area (Å²) in [6.45, 7) is 5.90. The standard InChI is InChI=1S/C18H17ClF2O2S.C18H17ClF2OS.C18H17ClF2S/c1-2-18(11-12-3-5-13(19)6-4-12)9-10-24(22,23)17-15(21)8-7-14(20)16(17)18;1-2-18(11-12-3-5-13(19)6-4-12)9-10-23(22)17-15(21)8-7-14(20)16(17)18;1-2-18(11-12-3-5-13(19)6-4-12)9-10-22-17-15(21)8-7-14(20)16(17)18/h3-8H,2,9-11H2,1H3;3-8H,2,9-11H2,1H3;3-8H,2,9-11H2,1H3. The highest BCUT2D eigenvalue weighted by Gasteiger charge is 2.45. The first kappa shape index (κ1) is 53.0. The number of hydrogen-bond donors (Lipinski definition) is 0. The van der Waals surface area contributed by atoms with Crippen LogP contribution in [-0.2, 0) is 56.1 Å². The highest BCUT2D eigenvalue weighted by molar-refractivity contribution is 7.99. The van der Waals surface area contributed by atoms with Crippen molar-refractivity contribution in [1.29, 1.82) is 0 Å². The van der Waals surface area contributed by atoms with Crippen LogP contribution in [0.15, 0.2) is 124 Å². The molecular formula is C54H51Cl3F6O3S3. The van der Waals surface area contributed by atoms with Crippen LogP contribution in [0.3, 0.4) is 0 Å². The Morgan fingerprint density at radius 3 is 1.38 bits per heavy atom. The molecule has 0 radical (unpaired) electrons. The van der Waals surface area contributed by atoms with Gasteiger partial charge in [-0.15, -0.1) is 11.8 Å². The van der Waals surface area contributed by atoms with E-state index in [0.717, 1.165) is 59.6 Å². The Labute approximate surface area is 422 Å². The smallest absolute Gasteiger partial charge is 0.181 e. The van der Waals surface area contributed by atoms with Crippen LogP contribution in [0.5, 0.6) is 0 Å². The fraction of sp³-hybridized carbons (Fsp3) is 0.333. The van der Waals surface area contributed by atoms with Crippen LogP contribution in [0, 0.1) is 34.9 Å². The molecule has 0 fully saturated rings. The molecule has 0 saturated heterocycles. The SMILES string of the molecule is CCC1(Cc2ccc(Cl)cc2)CCS(=O)(=O)c2c(F)ccc(F)c21.CCC1(Cc2ccc(Cl)cc2)CCS(=O)c2c(F)ccc(F)c21.CCC1(Cc2ccc(Cl)cc2)CCSc2c(F)ccc(F)c21. The third-order valence-corrected chi connectivity index (χ3v) is 19.2. The Hall–Kier alpha value is -3.78. The molecule has 0 spiro atoms. The molecule has 4 unspecified atom stereocenters.